The molecule has 2 aliphatic rings. The van der Waals surface area contributed by atoms with Crippen LogP contribution in [0, 0.1) is 0 Å². The summed E-state index contributed by atoms with van der Waals surface area (Å²) < 4.78 is 21.1. The zero-order chi connectivity index (χ0) is 19.7. The SMILES string of the molecule is COc1ccc(N2CC(NC(=O)c3ccc4c(c3)OCO4)CC2=O)cc1OC. The number of methoxy groups -OCH3 is 2. The molecule has 0 bridgehead atoms. The smallest absolute Gasteiger partial charge is 0.251 e. The molecule has 1 saturated heterocycles. The van der Waals surface area contributed by atoms with Gasteiger partial charge < -0.3 is 29.2 Å². The third kappa shape index (κ3) is 3.28. The van der Waals surface area contributed by atoms with Crippen molar-refractivity contribution in [1.29, 1.82) is 0 Å². The lowest BCUT2D eigenvalue weighted by molar-refractivity contribution is -0.117. The van der Waals surface area contributed by atoms with Crippen LogP contribution in [0.2, 0.25) is 0 Å². The normalized spacial score (nSPS) is 17.6. The molecule has 2 aliphatic heterocycles. The largest absolute Gasteiger partial charge is 0.493 e. The summed E-state index contributed by atoms with van der Waals surface area (Å²) in [4.78, 5) is 26.7. The summed E-state index contributed by atoms with van der Waals surface area (Å²) in [6.45, 7) is 0.530. The molecule has 28 heavy (non-hydrogen) atoms. The molecule has 0 aliphatic carbocycles. The fourth-order valence-electron chi connectivity index (χ4n) is 3.35. The van der Waals surface area contributed by atoms with Crippen LogP contribution in [0.15, 0.2) is 36.4 Å². The van der Waals surface area contributed by atoms with Crippen molar-refractivity contribution in [2.75, 3.05) is 32.5 Å². The Hall–Kier alpha value is -3.42. The molecule has 8 nitrogen and oxygen atoms in total. The minimum atomic E-state index is -0.293. The topological polar surface area (TPSA) is 86.3 Å². The van der Waals surface area contributed by atoms with E-state index in [1.54, 1.807) is 55.5 Å². The van der Waals surface area contributed by atoms with Crippen molar-refractivity contribution < 1.29 is 28.5 Å². The number of amides is 2. The molecule has 0 radical (unpaired) electrons. The van der Waals surface area contributed by atoms with Gasteiger partial charge in [-0.05, 0) is 30.3 Å². The van der Waals surface area contributed by atoms with Gasteiger partial charge in [0.1, 0.15) is 0 Å². The Labute approximate surface area is 161 Å². The van der Waals surface area contributed by atoms with Crippen LogP contribution < -0.4 is 29.2 Å². The third-order valence-electron chi connectivity index (χ3n) is 4.77. The average Bonchev–Trinajstić information content (AvgIpc) is 3.32. The van der Waals surface area contributed by atoms with Crippen molar-refractivity contribution >= 4 is 17.5 Å². The summed E-state index contributed by atoms with van der Waals surface area (Å²) in [6.07, 6.45) is 0.227. The van der Waals surface area contributed by atoms with Crippen LogP contribution in [0.25, 0.3) is 0 Å². The molecule has 0 aromatic heterocycles. The molecule has 1 N–H and O–H groups in total. The summed E-state index contributed by atoms with van der Waals surface area (Å²) in [5.74, 6) is 1.97. The molecule has 0 spiro atoms. The number of rotatable bonds is 5. The molecule has 146 valence electrons. The summed E-state index contributed by atoms with van der Waals surface area (Å²) in [6, 6.07) is 10.0. The van der Waals surface area contributed by atoms with Gasteiger partial charge in [0.2, 0.25) is 12.7 Å². The van der Waals surface area contributed by atoms with Crippen LogP contribution in [0.3, 0.4) is 0 Å². The van der Waals surface area contributed by atoms with E-state index in [-0.39, 0.29) is 31.1 Å². The highest BCUT2D eigenvalue weighted by Crippen LogP contribution is 2.34. The third-order valence-corrected chi connectivity index (χ3v) is 4.77. The van der Waals surface area contributed by atoms with Crippen LogP contribution in [-0.2, 0) is 4.79 Å². The highest BCUT2D eigenvalue weighted by atomic mass is 16.7. The van der Waals surface area contributed by atoms with E-state index >= 15 is 0 Å². The summed E-state index contributed by atoms with van der Waals surface area (Å²) in [5.41, 5.74) is 1.16. The van der Waals surface area contributed by atoms with Crippen LogP contribution in [0.4, 0.5) is 5.69 Å². The standard InChI is InChI=1S/C20H20N2O6/c1-25-15-6-4-14(9-17(15)26-2)22-10-13(8-19(22)23)21-20(24)12-3-5-16-18(7-12)28-11-27-16/h3-7,9,13H,8,10-11H2,1-2H3,(H,21,24). The first-order valence-electron chi connectivity index (χ1n) is 8.82. The van der Waals surface area contributed by atoms with Gasteiger partial charge in [0.25, 0.3) is 5.91 Å². The molecule has 2 amide bonds. The fourth-order valence-corrected chi connectivity index (χ4v) is 3.35. The second-order valence-corrected chi connectivity index (χ2v) is 6.49. The van der Waals surface area contributed by atoms with Crippen LogP contribution in [0.1, 0.15) is 16.8 Å². The van der Waals surface area contributed by atoms with E-state index < -0.39 is 0 Å². The number of carbonyl (C=O) groups excluding carboxylic acids is 2. The van der Waals surface area contributed by atoms with Crippen molar-refractivity contribution in [1.82, 2.24) is 5.32 Å². The van der Waals surface area contributed by atoms with E-state index in [1.165, 1.54) is 0 Å². The number of fused-ring (bicyclic) bond motifs is 1. The first-order valence-corrected chi connectivity index (χ1v) is 8.82. The van der Waals surface area contributed by atoms with Gasteiger partial charge in [-0.15, -0.1) is 0 Å². The number of hydrogen-bond acceptors (Lipinski definition) is 6. The first kappa shape index (κ1) is 18.0. The van der Waals surface area contributed by atoms with E-state index in [0.29, 0.717) is 40.8 Å². The molecule has 2 heterocycles. The second kappa shape index (κ2) is 7.30. The Balaban J connectivity index is 1.45. The maximum atomic E-state index is 12.6. The molecule has 2 aromatic carbocycles. The van der Waals surface area contributed by atoms with Gasteiger partial charge in [-0.3, -0.25) is 9.59 Å². The van der Waals surface area contributed by atoms with Crippen molar-refractivity contribution in [3.05, 3.63) is 42.0 Å². The maximum absolute atomic E-state index is 12.6. The fraction of sp³-hybridized carbons (Fsp3) is 0.300. The highest BCUT2D eigenvalue weighted by molar-refractivity contribution is 5.99. The van der Waals surface area contributed by atoms with Gasteiger partial charge in [0, 0.05) is 30.3 Å². The lowest BCUT2D eigenvalue weighted by atomic mass is 10.1. The van der Waals surface area contributed by atoms with Crippen LogP contribution in [-0.4, -0.2) is 45.4 Å². The van der Waals surface area contributed by atoms with Gasteiger partial charge in [0.05, 0.1) is 20.3 Å². The number of anilines is 1. The predicted molar refractivity (Wildman–Crippen MR) is 100 cm³/mol. The molecular formula is C20H20N2O6. The predicted octanol–water partition coefficient (Wildman–Crippen LogP) is 1.97. The lowest BCUT2D eigenvalue weighted by Gasteiger charge is -2.19. The molecule has 0 saturated carbocycles. The van der Waals surface area contributed by atoms with Crippen LogP contribution >= 0.6 is 0 Å². The highest BCUT2D eigenvalue weighted by Gasteiger charge is 2.32. The number of ether oxygens (including phenoxy) is 4. The number of nitrogens with zero attached hydrogens (tertiary/aromatic N) is 1. The van der Waals surface area contributed by atoms with Gasteiger partial charge in [-0.25, -0.2) is 0 Å². The Bertz CT molecular complexity index is 929. The number of nitrogens with one attached hydrogen (secondary N) is 1. The van der Waals surface area contributed by atoms with E-state index in [2.05, 4.69) is 5.32 Å². The van der Waals surface area contributed by atoms with Gasteiger partial charge in [0.15, 0.2) is 23.0 Å². The molecule has 2 aromatic rings. The zero-order valence-corrected chi connectivity index (χ0v) is 15.6. The van der Waals surface area contributed by atoms with Crippen molar-refractivity contribution in [3.8, 4) is 23.0 Å². The van der Waals surface area contributed by atoms with Crippen molar-refractivity contribution in [2.24, 2.45) is 0 Å². The molecule has 4 rings (SSSR count). The summed E-state index contributed by atoms with van der Waals surface area (Å²) >= 11 is 0. The molecule has 8 heteroatoms. The average molecular weight is 384 g/mol. The number of carbonyl (C=O) groups is 2. The van der Waals surface area contributed by atoms with Gasteiger partial charge >= 0.3 is 0 Å². The summed E-state index contributed by atoms with van der Waals surface area (Å²) in [7, 11) is 3.10. The second-order valence-electron chi connectivity index (χ2n) is 6.49. The minimum Gasteiger partial charge on any atom is -0.493 e. The minimum absolute atomic E-state index is 0.0665. The lowest BCUT2D eigenvalue weighted by Crippen LogP contribution is -2.37. The van der Waals surface area contributed by atoms with E-state index in [9.17, 15) is 9.59 Å². The summed E-state index contributed by atoms with van der Waals surface area (Å²) in [5, 5.41) is 2.91. The van der Waals surface area contributed by atoms with Crippen molar-refractivity contribution in [3.63, 3.8) is 0 Å². The number of benzene rings is 2. The Morgan fingerprint density at radius 1 is 1.07 bits per heavy atom. The van der Waals surface area contributed by atoms with E-state index in [4.69, 9.17) is 18.9 Å². The maximum Gasteiger partial charge on any atom is 0.251 e. The molecule has 1 fully saturated rings. The molecular weight excluding hydrogens is 364 g/mol. The Morgan fingerprint density at radius 2 is 1.86 bits per heavy atom. The number of hydrogen-bond donors (Lipinski definition) is 1. The van der Waals surface area contributed by atoms with Gasteiger partial charge in [-0.2, -0.15) is 0 Å². The quantitative estimate of drug-likeness (QED) is 0.848. The van der Waals surface area contributed by atoms with Gasteiger partial charge in [-0.1, -0.05) is 0 Å². The van der Waals surface area contributed by atoms with E-state index in [0.717, 1.165) is 0 Å². The molecule has 1 unspecified atom stereocenters. The van der Waals surface area contributed by atoms with E-state index in [1.807, 2.05) is 0 Å². The first-order chi connectivity index (χ1) is 13.6. The Kier molecular flexibility index (Phi) is 4.68. The zero-order valence-electron chi connectivity index (χ0n) is 15.6. The van der Waals surface area contributed by atoms with Crippen molar-refractivity contribution in [2.45, 2.75) is 12.5 Å². The molecule has 1 atom stereocenters. The Morgan fingerprint density at radius 3 is 2.64 bits per heavy atom. The monoisotopic (exact) mass is 384 g/mol. The van der Waals surface area contributed by atoms with Crippen LogP contribution in [0.5, 0.6) is 23.0 Å².